The number of methoxy groups -OCH3 is 1. The molecule has 5 heteroatoms. The zero-order chi connectivity index (χ0) is 16.7. The number of hydrogen-bond acceptors (Lipinski definition) is 3. The van der Waals surface area contributed by atoms with Crippen molar-refractivity contribution in [2.45, 2.75) is 39.5 Å². The lowest BCUT2D eigenvalue weighted by atomic mass is 9.79. The van der Waals surface area contributed by atoms with Gasteiger partial charge in [-0.1, -0.05) is 23.8 Å². The first kappa shape index (κ1) is 20.9. The van der Waals surface area contributed by atoms with Gasteiger partial charge in [0.1, 0.15) is 0 Å². The first-order valence-corrected chi connectivity index (χ1v) is 8.57. The minimum Gasteiger partial charge on any atom is -0.384 e. The molecule has 0 unspecified atom stereocenters. The smallest absolute Gasteiger partial charge is 0.220 e. The Morgan fingerprint density at radius 2 is 2.00 bits per heavy atom. The summed E-state index contributed by atoms with van der Waals surface area (Å²) in [6, 6.07) is 6.43. The molecule has 0 bridgehead atoms. The lowest BCUT2D eigenvalue weighted by Gasteiger charge is -2.37. The standard InChI is InChI=1S/C19H30N2O2.ClH/c1-15-4-5-17(16(2)12-15)6-7-18(22)21-13-19(14-23-3)8-10-20-11-9-19;/h4-5,12,20H,6-11,13-14H2,1-3H3,(H,21,22);1H. The first-order valence-electron chi connectivity index (χ1n) is 8.57. The van der Waals surface area contributed by atoms with Crippen LogP contribution < -0.4 is 10.6 Å². The molecule has 0 aromatic heterocycles. The maximum absolute atomic E-state index is 12.2. The number of rotatable bonds is 7. The van der Waals surface area contributed by atoms with E-state index in [1.165, 1.54) is 16.7 Å². The third kappa shape index (κ3) is 6.08. The topological polar surface area (TPSA) is 50.4 Å². The van der Waals surface area contributed by atoms with Gasteiger partial charge in [0.15, 0.2) is 0 Å². The molecule has 0 atom stereocenters. The molecule has 24 heavy (non-hydrogen) atoms. The molecule has 0 spiro atoms. The van der Waals surface area contributed by atoms with E-state index in [0.29, 0.717) is 19.6 Å². The summed E-state index contributed by atoms with van der Waals surface area (Å²) in [5.74, 6) is 0.138. The summed E-state index contributed by atoms with van der Waals surface area (Å²) < 4.78 is 5.39. The number of halogens is 1. The second-order valence-electron chi connectivity index (χ2n) is 6.89. The van der Waals surface area contributed by atoms with E-state index in [1.54, 1.807) is 7.11 Å². The van der Waals surface area contributed by atoms with Crippen molar-refractivity contribution in [3.8, 4) is 0 Å². The maximum atomic E-state index is 12.2. The van der Waals surface area contributed by atoms with E-state index in [4.69, 9.17) is 4.74 Å². The minimum absolute atomic E-state index is 0. The summed E-state index contributed by atoms with van der Waals surface area (Å²) in [6.07, 6.45) is 3.46. The van der Waals surface area contributed by atoms with Gasteiger partial charge in [-0.25, -0.2) is 0 Å². The van der Waals surface area contributed by atoms with Crippen molar-refractivity contribution in [2.75, 3.05) is 33.4 Å². The molecule has 136 valence electrons. The Balaban J connectivity index is 0.00000288. The molecule has 1 aromatic carbocycles. The normalized spacial score (nSPS) is 16.3. The van der Waals surface area contributed by atoms with Crippen LogP contribution in [0.25, 0.3) is 0 Å². The molecule has 1 amide bonds. The number of aryl methyl sites for hydroxylation is 3. The number of carbonyl (C=O) groups excluding carboxylic acids is 1. The van der Waals surface area contributed by atoms with Gasteiger partial charge in [-0.15, -0.1) is 12.4 Å². The molecule has 1 heterocycles. The van der Waals surface area contributed by atoms with Crippen molar-refractivity contribution in [2.24, 2.45) is 5.41 Å². The van der Waals surface area contributed by atoms with Gasteiger partial charge in [0.25, 0.3) is 0 Å². The Kier molecular flexibility index (Phi) is 8.74. The van der Waals surface area contributed by atoms with Crippen molar-refractivity contribution >= 4 is 18.3 Å². The SMILES string of the molecule is COCC1(CNC(=O)CCc2ccc(C)cc2C)CCNCC1.Cl. The molecule has 0 aliphatic carbocycles. The number of hydrogen-bond donors (Lipinski definition) is 2. The fourth-order valence-corrected chi connectivity index (χ4v) is 3.38. The molecule has 1 fully saturated rings. The molecule has 2 N–H and O–H groups in total. The van der Waals surface area contributed by atoms with Gasteiger partial charge < -0.3 is 15.4 Å². The molecular formula is C19H31ClN2O2. The summed E-state index contributed by atoms with van der Waals surface area (Å²) in [6.45, 7) is 7.64. The van der Waals surface area contributed by atoms with Crippen molar-refractivity contribution in [1.29, 1.82) is 0 Å². The molecule has 1 aliphatic rings. The summed E-state index contributed by atoms with van der Waals surface area (Å²) in [5.41, 5.74) is 3.89. The van der Waals surface area contributed by atoms with E-state index in [0.717, 1.165) is 32.4 Å². The fourth-order valence-electron chi connectivity index (χ4n) is 3.38. The third-order valence-electron chi connectivity index (χ3n) is 4.89. The van der Waals surface area contributed by atoms with Gasteiger partial charge in [0.2, 0.25) is 5.91 Å². The fraction of sp³-hybridized carbons (Fsp3) is 0.632. The Morgan fingerprint density at radius 3 is 2.62 bits per heavy atom. The van der Waals surface area contributed by atoms with E-state index in [2.05, 4.69) is 42.7 Å². The molecule has 2 rings (SSSR count). The monoisotopic (exact) mass is 354 g/mol. The molecule has 4 nitrogen and oxygen atoms in total. The van der Waals surface area contributed by atoms with Crippen LogP contribution in [0, 0.1) is 19.3 Å². The van der Waals surface area contributed by atoms with Crippen LogP contribution in [-0.4, -0.2) is 39.3 Å². The zero-order valence-electron chi connectivity index (χ0n) is 15.1. The Hall–Kier alpha value is -1.10. The van der Waals surface area contributed by atoms with Crippen molar-refractivity contribution in [3.63, 3.8) is 0 Å². The number of nitrogens with one attached hydrogen (secondary N) is 2. The quantitative estimate of drug-likeness (QED) is 0.791. The van der Waals surface area contributed by atoms with Crippen LogP contribution >= 0.6 is 12.4 Å². The highest BCUT2D eigenvalue weighted by Gasteiger charge is 2.32. The summed E-state index contributed by atoms with van der Waals surface area (Å²) >= 11 is 0. The second kappa shape index (κ2) is 10.0. The number of carbonyl (C=O) groups is 1. The predicted molar refractivity (Wildman–Crippen MR) is 101 cm³/mol. The van der Waals surface area contributed by atoms with E-state index >= 15 is 0 Å². The lowest BCUT2D eigenvalue weighted by molar-refractivity contribution is -0.122. The first-order chi connectivity index (χ1) is 11.0. The summed E-state index contributed by atoms with van der Waals surface area (Å²) in [5, 5.41) is 6.51. The number of ether oxygens (including phenoxy) is 1. The average molecular weight is 355 g/mol. The largest absolute Gasteiger partial charge is 0.384 e. The Labute approximate surface area is 152 Å². The number of piperidine rings is 1. The van der Waals surface area contributed by atoms with Crippen molar-refractivity contribution < 1.29 is 9.53 Å². The van der Waals surface area contributed by atoms with Crippen LogP contribution in [0.3, 0.4) is 0 Å². The van der Waals surface area contributed by atoms with E-state index in [9.17, 15) is 4.79 Å². The van der Waals surface area contributed by atoms with Crippen LogP contribution in [-0.2, 0) is 16.0 Å². The second-order valence-corrected chi connectivity index (χ2v) is 6.89. The highest BCUT2D eigenvalue weighted by molar-refractivity contribution is 5.85. The van der Waals surface area contributed by atoms with Crippen LogP contribution in [0.15, 0.2) is 18.2 Å². The van der Waals surface area contributed by atoms with Gasteiger partial charge in [0.05, 0.1) is 6.61 Å². The molecule has 1 aromatic rings. The third-order valence-corrected chi connectivity index (χ3v) is 4.89. The van der Waals surface area contributed by atoms with Crippen LogP contribution in [0.1, 0.15) is 36.0 Å². The molecular weight excluding hydrogens is 324 g/mol. The Morgan fingerprint density at radius 1 is 1.29 bits per heavy atom. The van der Waals surface area contributed by atoms with Crippen LogP contribution in [0.5, 0.6) is 0 Å². The maximum Gasteiger partial charge on any atom is 0.220 e. The van der Waals surface area contributed by atoms with Crippen LogP contribution in [0.4, 0.5) is 0 Å². The van der Waals surface area contributed by atoms with Crippen molar-refractivity contribution in [1.82, 2.24) is 10.6 Å². The zero-order valence-corrected chi connectivity index (χ0v) is 15.9. The van der Waals surface area contributed by atoms with Gasteiger partial charge in [-0.2, -0.15) is 0 Å². The highest BCUT2D eigenvalue weighted by atomic mass is 35.5. The number of benzene rings is 1. The average Bonchev–Trinajstić information content (AvgIpc) is 2.53. The van der Waals surface area contributed by atoms with E-state index in [1.807, 2.05) is 0 Å². The summed E-state index contributed by atoms with van der Waals surface area (Å²) in [7, 11) is 1.74. The van der Waals surface area contributed by atoms with Crippen molar-refractivity contribution in [3.05, 3.63) is 34.9 Å². The molecule has 1 saturated heterocycles. The van der Waals surface area contributed by atoms with Crippen LogP contribution in [0.2, 0.25) is 0 Å². The molecule has 1 aliphatic heterocycles. The number of amides is 1. The lowest BCUT2D eigenvalue weighted by Crippen LogP contribution is -2.47. The van der Waals surface area contributed by atoms with Gasteiger partial charge >= 0.3 is 0 Å². The molecule has 0 radical (unpaired) electrons. The van der Waals surface area contributed by atoms with E-state index < -0.39 is 0 Å². The van der Waals surface area contributed by atoms with E-state index in [-0.39, 0.29) is 23.7 Å². The summed E-state index contributed by atoms with van der Waals surface area (Å²) in [4.78, 5) is 12.2. The predicted octanol–water partition coefficient (Wildman–Crippen LogP) is 2.79. The minimum atomic E-state index is 0. The molecule has 0 saturated carbocycles. The van der Waals surface area contributed by atoms with Gasteiger partial charge in [0, 0.05) is 25.5 Å². The highest BCUT2D eigenvalue weighted by Crippen LogP contribution is 2.28. The van der Waals surface area contributed by atoms with Gasteiger partial charge in [-0.3, -0.25) is 4.79 Å². The van der Waals surface area contributed by atoms with Gasteiger partial charge in [-0.05, 0) is 57.3 Å². The Bertz CT molecular complexity index is 523.